The molecule has 2 amide bonds. The van der Waals surface area contributed by atoms with Crippen LogP contribution < -0.4 is 10.2 Å². The molecule has 0 atom stereocenters. The molecular weight excluding hydrogens is 285 g/mol. The molecule has 1 heterocycles. The Labute approximate surface area is 130 Å². The van der Waals surface area contributed by atoms with E-state index in [-0.39, 0.29) is 17.5 Å². The predicted octanol–water partition coefficient (Wildman–Crippen LogP) is 2.23. The summed E-state index contributed by atoms with van der Waals surface area (Å²) in [6.07, 6.45) is 1.18. The summed E-state index contributed by atoms with van der Waals surface area (Å²) in [5, 5.41) is 2.76. The fourth-order valence-corrected chi connectivity index (χ4v) is 2.55. The maximum atomic E-state index is 13.9. The number of anilines is 2. The van der Waals surface area contributed by atoms with E-state index in [1.807, 2.05) is 18.7 Å². The Bertz CT molecular complexity index is 558. The highest BCUT2D eigenvalue weighted by atomic mass is 19.1. The van der Waals surface area contributed by atoms with Gasteiger partial charge in [-0.3, -0.25) is 14.5 Å². The van der Waals surface area contributed by atoms with Crippen molar-refractivity contribution in [1.82, 2.24) is 4.90 Å². The molecule has 0 aromatic heterocycles. The number of hydrogen-bond acceptors (Lipinski definition) is 3. The van der Waals surface area contributed by atoms with Crippen molar-refractivity contribution in [1.29, 1.82) is 0 Å². The Balaban J connectivity index is 2.09. The van der Waals surface area contributed by atoms with Crippen LogP contribution in [0.3, 0.4) is 0 Å². The third-order valence-electron chi connectivity index (χ3n) is 3.86. The number of amides is 2. The van der Waals surface area contributed by atoms with Crippen LogP contribution >= 0.6 is 0 Å². The summed E-state index contributed by atoms with van der Waals surface area (Å²) in [5.74, 6) is -0.670. The molecule has 0 unspecified atom stereocenters. The molecule has 6 heteroatoms. The molecule has 1 saturated heterocycles. The second kappa shape index (κ2) is 7.35. The van der Waals surface area contributed by atoms with Crippen LogP contribution in [0.2, 0.25) is 0 Å². The van der Waals surface area contributed by atoms with Crippen LogP contribution in [0.1, 0.15) is 26.7 Å². The third-order valence-corrected chi connectivity index (χ3v) is 3.86. The van der Waals surface area contributed by atoms with Gasteiger partial charge in [-0.1, -0.05) is 13.8 Å². The highest BCUT2D eigenvalue weighted by molar-refractivity contribution is 5.97. The number of carbonyl (C=O) groups excluding carboxylic acids is 2. The largest absolute Gasteiger partial charge is 0.325 e. The predicted molar refractivity (Wildman–Crippen MR) is 84.4 cm³/mol. The number of halogens is 1. The molecule has 1 aliphatic heterocycles. The molecular formula is C16H22FN3O2. The fraction of sp³-hybridized carbons (Fsp3) is 0.500. The van der Waals surface area contributed by atoms with Crippen molar-refractivity contribution in [3.63, 3.8) is 0 Å². The molecule has 2 rings (SSSR count). The summed E-state index contributed by atoms with van der Waals surface area (Å²) in [5.41, 5.74) is 0.747. The van der Waals surface area contributed by atoms with E-state index in [4.69, 9.17) is 0 Å². The Morgan fingerprint density at radius 3 is 2.68 bits per heavy atom. The van der Waals surface area contributed by atoms with E-state index < -0.39 is 5.82 Å². The standard InChI is InChI=1S/C16H22FN3O2/c1-3-19(4-2)11-15(21)18-12-7-8-13(17)14(10-12)20-9-5-6-16(20)22/h7-8,10H,3-6,9,11H2,1-2H3,(H,18,21). The van der Waals surface area contributed by atoms with Gasteiger partial charge >= 0.3 is 0 Å². The van der Waals surface area contributed by atoms with Gasteiger partial charge in [0.15, 0.2) is 0 Å². The minimum Gasteiger partial charge on any atom is -0.325 e. The molecule has 0 spiro atoms. The third kappa shape index (κ3) is 3.82. The van der Waals surface area contributed by atoms with Gasteiger partial charge in [0.25, 0.3) is 0 Å². The van der Waals surface area contributed by atoms with Gasteiger partial charge in [-0.2, -0.15) is 0 Å². The summed E-state index contributed by atoms with van der Waals surface area (Å²) in [4.78, 5) is 27.2. The lowest BCUT2D eigenvalue weighted by Crippen LogP contribution is -2.33. The van der Waals surface area contributed by atoms with E-state index in [1.165, 1.54) is 23.1 Å². The second-order valence-electron chi connectivity index (χ2n) is 5.32. The van der Waals surface area contributed by atoms with Gasteiger partial charge in [-0.05, 0) is 37.7 Å². The van der Waals surface area contributed by atoms with Crippen molar-refractivity contribution in [2.24, 2.45) is 0 Å². The van der Waals surface area contributed by atoms with Crippen molar-refractivity contribution in [2.45, 2.75) is 26.7 Å². The average molecular weight is 307 g/mol. The van der Waals surface area contributed by atoms with Crippen molar-refractivity contribution in [3.8, 4) is 0 Å². The lowest BCUT2D eigenvalue weighted by Gasteiger charge is -2.19. The molecule has 120 valence electrons. The second-order valence-corrected chi connectivity index (χ2v) is 5.32. The topological polar surface area (TPSA) is 52.7 Å². The van der Waals surface area contributed by atoms with Gasteiger partial charge in [0, 0.05) is 18.7 Å². The summed E-state index contributed by atoms with van der Waals surface area (Å²) >= 11 is 0. The van der Waals surface area contributed by atoms with Gasteiger partial charge in [0.1, 0.15) is 5.82 Å². The minimum atomic E-state index is -0.447. The van der Waals surface area contributed by atoms with E-state index >= 15 is 0 Å². The average Bonchev–Trinajstić information content (AvgIpc) is 2.92. The van der Waals surface area contributed by atoms with Crippen LogP contribution in [0.4, 0.5) is 15.8 Å². The molecule has 1 aliphatic rings. The van der Waals surface area contributed by atoms with Crippen LogP contribution in [0, 0.1) is 5.82 Å². The normalized spacial score (nSPS) is 14.7. The maximum Gasteiger partial charge on any atom is 0.238 e. The zero-order valence-corrected chi connectivity index (χ0v) is 13.1. The fourth-order valence-electron chi connectivity index (χ4n) is 2.55. The highest BCUT2D eigenvalue weighted by Gasteiger charge is 2.24. The first-order valence-corrected chi connectivity index (χ1v) is 7.67. The van der Waals surface area contributed by atoms with Crippen molar-refractivity contribution in [3.05, 3.63) is 24.0 Å². The monoisotopic (exact) mass is 307 g/mol. The first-order chi connectivity index (χ1) is 10.5. The lowest BCUT2D eigenvalue weighted by atomic mass is 10.2. The van der Waals surface area contributed by atoms with Crippen LogP contribution in [0.5, 0.6) is 0 Å². The van der Waals surface area contributed by atoms with Crippen LogP contribution in [0.25, 0.3) is 0 Å². The van der Waals surface area contributed by atoms with Gasteiger partial charge in [0.2, 0.25) is 11.8 Å². The summed E-state index contributed by atoms with van der Waals surface area (Å²) in [6.45, 7) is 6.38. The number of rotatable bonds is 6. The van der Waals surface area contributed by atoms with Gasteiger partial charge in [-0.15, -0.1) is 0 Å². The molecule has 0 bridgehead atoms. The van der Waals surface area contributed by atoms with Gasteiger partial charge in [-0.25, -0.2) is 4.39 Å². The molecule has 22 heavy (non-hydrogen) atoms. The molecule has 1 fully saturated rings. The zero-order valence-electron chi connectivity index (χ0n) is 13.1. The summed E-state index contributed by atoms with van der Waals surface area (Å²) in [6, 6.07) is 4.33. The van der Waals surface area contributed by atoms with Crippen LogP contribution in [-0.4, -0.2) is 42.9 Å². The smallest absolute Gasteiger partial charge is 0.238 e. The van der Waals surface area contributed by atoms with Crippen molar-refractivity contribution < 1.29 is 14.0 Å². The van der Waals surface area contributed by atoms with Crippen molar-refractivity contribution >= 4 is 23.2 Å². The molecule has 0 saturated carbocycles. The molecule has 1 aromatic rings. The number of nitrogens with one attached hydrogen (secondary N) is 1. The first-order valence-electron chi connectivity index (χ1n) is 7.67. The molecule has 0 radical (unpaired) electrons. The van der Waals surface area contributed by atoms with Crippen molar-refractivity contribution in [2.75, 3.05) is 36.4 Å². The Morgan fingerprint density at radius 1 is 1.36 bits per heavy atom. The van der Waals surface area contributed by atoms with Gasteiger partial charge in [0.05, 0.1) is 12.2 Å². The molecule has 1 aromatic carbocycles. The minimum absolute atomic E-state index is 0.0782. The van der Waals surface area contributed by atoms with E-state index in [2.05, 4.69) is 5.32 Å². The maximum absolute atomic E-state index is 13.9. The van der Waals surface area contributed by atoms with Crippen LogP contribution in [0.15, 0.2) is 18.2 Å². The Morgan fingerprint density at radius 2 is 2.09 bits per heavy atom. The lowest BCUT2D eigenvalue weighted by molar-refractivity contribution is -0.117. The van der Waals surface area contributed by atoms with Crippen LogP contribution in [-0.2, 0) is 9.59 Å². The Kier molecular flexibility index (Phi) is 5.49. The number of carbonyl (C=O) groups is 2. The number of hydrogen-bond donors (Lipinski definition) is 1. The highest BCUT2D eigenvalue weighted by Crippen LogP contribution is 2.27. The van der Waals surface area contributed by atoms with Gasteiger partial charge < -0.3 is 10.2 Å². The van der Waals surface area contributed by atoms with E-state index in [0.717, 1.165) is 19.5 Å². The van der Waals surface area contributed by atoms with E-state index in [9.17, 15) is 14.0 Å². The van der Waals surface area contributed by atoms with E-state index in [1.54, 1.807) is 0 Å². The summed E-state index contributed by atoms with van der Waals surface area (Å²) in [7, 11) is 0. The summed E-state index contributed by atoms with van der Waals surface area (Å²) < 4.78 is 13.9. The number of nitrogens with zero attached hydrogens (tertiary/aromatic N) is 2. The van der Waals surface area contributed by atoms with E-state index in [0.29, 0.717) is 25.2 Å². The number of likely N-dealkylation sites (N-methyl/N-ethyl adjacent to an activating group) is 1. The first kappa shape index (κ1) is 16.4. The SMILES string of the molecule is CCN(CC)CC(=O)Nc1ccc(F)c(N2CCCC2=O)c1. The molecule has 1 N–H and O–H groups in total. The Hall–Kier alpha value is -1.95. The molecule has 5 nitrogen and oxygen atoms in total. The number of benzene rings is 1. The zero-order chi connectivity index (χ0) is 16.1. The molecule has 0 aliphatic carbocycles. The quantitative estimate of drug-likeness (QED) is 0.877.